The van der Waals surface area contributed by atoms with E-state index in [1.54, 1.807) is 0 Å². The number of benzene rings is 1. The zero-order valence-electron chi connectivity index (χ0n) is 13.7. The standard InChI is InChI=1S/C15H15N3O7/c1-9(19)14-16-4-5-17(14)15(20)25-8-10-6-12(23-2)13(24-3)7-11(10)18(21)22/h4-7H,8H2,1-3H3. The van der Waals surface area contributed by atoms with E-state index in [0.29, 0.717) is 0 Å². The molecule has 0 saturated heterocycles. The van der Waals surface area contributed by atoms with Gasteiger partial charge >= 0.3 is 6.09 Å². The number of nitro groups is 1. The summed E-state index contributed by atoms with van der Waals surface area (Å²) < 4.78 is 16.1. The minimum Gasteiger partial charge on any atom is -0.493 e. The SMILES string of the molecule is COc1cc(COC(=O)n2ccnc2C(C)=O)c([N+](=O)[O-])cc1OC. The van der Waals surface area contributed by atoms with Crippen LogP contribution in [0.5, 0.6) is 11.5 Å². The van der Waals surface area contributed by atoms with Crippen molar-refractivity contribution in [1.29, 1.82) is 0 Å². The van der Waals surface area contributed by atoms with Crippen molar-refractivity contribution in [3.63, 3.8) is 0 Å². The van der Waals surface area contributed by atoms with E-state index in [9.17, 15) is 19.7 Å². The molecule has 0 atom stereocenters. The minimum absolute atomic E-state index is 0.0909. The van der Waals surface area contributed by atoms with E-state index in [-0.39, 0.29) is 28.6 Å². The molecule has 1 aromatic heterocycles. The summed E-state index contributed by atoms with van der Waals surface area (Å²) in [5.41, 5.74) is -0.177. The first kappa shape index (κ1) is 17.9. The van der Waals surface area contributed by atoms with Crippen LogP contribution in [-0.4, -0.2) is 40.6 Å². The molecule has 1 heterocycles. The van der Waals surface area contributed by atoms with E-state index in [2.05, 4.69) is 4.98 Å². The normalized spacial score (nSPS) is 10.2. The van der Waals surface area contributed by atoms with Crippen LogP contribution in [0.15, 0.2) is 24.5 Å². The van der Waals surface area contributed by atoms with Gasteiger partial charge < -0.3 is 14.2 Å². The molecule has 0 saturated carbocycles. The van der Waals surface area contributed by atoms with Gasteiger partial charge in [0.1, 0.15) is 6.61 Å². The highest BCUT2D eigenvalue weighted by molar-refractivity contribution is 5.93. The van der Waals surface area contributed by atoms with Crippen LogP contribution >= 0.6 is 0 Å². The van der Waals surface area contributed by atoms with Gasteiger partial charge in [-0.1, -0.05) is 0 Å². The number of carbonyl (C=O) groups excluding carboxylic acids is 2. The third-order valence-electron chi connectivity index (χ3n) is 3.28. The van der Waals surface area contributed by atoms with Crippen LogP contribution in [0.2, 0.25) is 0 Å². The van der Waals surface area contributed by atoms with Gasteiger partial charge in [-0.25, -0.2) is 14.3 Å². The molecule has 1 aromatic carbocycles. The van der Waals surface area contributed by atoms with Crippen molar-refractivity contribution in [3.05, 3.63) is 46.0 Å². The Morgan fingerprint density at radius 1 is 1.24 bits per heavy atom. The van der Waals surface area contributed by atoms with Gasteiger partial charge in [-0.3, -0.25) is 14.9 Å². The summed E-state index contributed by atoms with van der Waals surface area (Å²) in [6, 6.07) is 2.53. The van der Waals surface area contributed by atoms with Gasteiger partial charge in [0.15, 0.2) is 23.1 Å². The Morgan fingerprint density at radius 3 is 2.44 bits per heavy atom. The molecule has 0 aliphatic heterocycles. The zero-order chi connectivity index (χ0) is 18.6. The largest absolute Gasteiger partial charge is 0.493 e. The summed E-state index contributed by atoms with van der Waals surface area (Å²) in [5, 5.41) is 11.2. The number of hydrogen-bond donors (Lipinski definition) is 0. The van der Waals surface area contributed by atoms with Crippen molar-refractivity contribution in [2.75, 3.05) is 14.2 Å². The van der Waals surface area contributed by atoms with Gasteiger partial charge in [0, 0.05) is 19.3 Å². The number of nitrogens with zero attached hydrogens (tertiary/aromatic N) is 3. The number of ketones is 1. The lowest BCUT2D eigenvalue weighted by Gasteiger charge is -2.11. The molecule has 0 fully saturated rings. The van der Waals surface area contributed by atoms with Crippen LogP contribution in [0.3, 0.4) is 0 Å². The Balaban J connectivity index is 2.27. The van der Waals surface area contributed by atoms with Gasteiger partial charge in [-0.2, -0.15) is 0 Å². The lowest BCUT2D eigenvalue weighted by atomic mass is 10.1. The van der Waals surface area contributed by atoms with Gasteiger partial charge in [-0.05, 0) is 6.07 Å². The van der Waals surface area contributed by atoms with Crippen molar-refractivity contribution in [1.82, 2.24) is 9.55 Å². The summed E-state index contributed by atoms with van der Waals surface area (Å²) in [5.74, 6) is -0.0742. The Morgan fingerprint density at radius 2 is 1.88 bits per heavy atom. The predicted molar refractivity (Wildman–Crippen MR) is 84.0 cm³/mol. The van der Waals surface area contributed by atoms with Crippen molar-refractivity contribution >= 4 is 17.6 Å². The molecule has 132 valence electrons. The van der Waals surface area contributed by atoms with E-state index in [1.807, 2.05) is 0 Å². The molecule has 2 rings (SSSR count). The predicted octanol–water partition coefficient (Wildman–Crippen LogP) is 2.20. The van der Waals surface area contributed by atoms with Gasteiger partial charge in [0.05, 0.1) is 30.8 Å². The molecule has 25 heavy (non-hydrogen) atoms. The fourth-order valence-corrected chi connectivity index (χ4v) is 2.12. The number of ether oxygens (including phenoxy) is 3. The quantitative estimate of drug-likeness (QED) is 0.442. The molecule has 0 bridgehead atoms. The number of imidazole rings is 1. The highest BCUT2D eigenvalue weighted by atomic mass is 16.6. The number of Topliss-reactive ketones (excluding diaryl/α,β-unsaturated/α-hetero) is 1. The summed E-state index contributed by atoms with van der Waals surface area (Å²) in [4.78, 5) is 37.8. The molecule has 0 aliphatic rings. The zero-order valence-corrected chi connectivity index (χ0v) is 13.7. The maximum atomic E-state index is 12.1. The fraction of sp³-hybridized carbons (Fsp3) is 0.267. The Kier molecular flexibility index (Phi) is 5.32. The maximum absolute atomic E-state index is 12.1. The second-order valence-corrected chi connectivity index (χ2v) is 4.82. The smallest absolute Gasteiger partial charge is 0.420 e. The molecule has 0 radical (unpaired) electrons. The second-order valence-electron chi connectivity index (χ2n) is 4.82. The summed E-state index contributed by atoms with van der Waals surface area (Å²) in [7, 11) is 2.73. The molecular formula is C15H15N3O7. The first-order valence-electron chi connectivity index (χ1n) is 6.99. The highest BCUT2D eigenvalue weighted by Crippen LogP contribution is 2.34. The molecule has 0 spiro atoms. The van der Waals surface area contributed by atoms with Crippen LogP contribution in [0, 0.1) is 10.1 Å². The number of nitro benzene ring substituents is 1. The molecule has 0 amide bonds. The van der Waals surface area contributed by atoms with Gasteiger partial charge in [-0.15, -0.1) is 0 Å². The van der Waals surface area contributed by atoms with E-state index >= 15 is 0 Å². The average molecular weight is 349 g/mol. The van der Waals surface area contributed by atoms with Crippen molar-refractivity contribution < 1.29 is 28.7 Å². The minimum atomic E-state index is -0.883. The number of methoxy groups -OCH3 is 2. The third kappa shape index (κ3) is 3.74. The first-order chi connectivity index (χ1) is 11.9. The van der Waals surface area contributed by atoms with Crippen LogP contribution in [-0.2, 0) is 11.3 Å². The number of aromatic nitrogens is 2. The number of hydrogen-bond acceptors (Lipinski definition) is 8. The molecule has 10 nitrogen and oxygen atoms in total. The first-order valence-corrected chi connectivity index (χ1v) is 6.99. The molecule has 0 unspecified atom stereocenters. The molecular weight excluding hydrogens is 334 g/mol. The molecule has 0 N–H and O–H groups in total. The Bertz CT molecular complexity index is 829. The summed E-state index contributed by atoms with van der Waals surface area (Å²) >= 11 is 0. The van der Waals surface area contributed by atoms with E-state index in [1.165, 1.54) is 45.7 Å². The second kappa shape index (κ2) is 7.43. The van der Waals surface area contributed by atoms with Crippen molar-refractivity contribution in [2.45, 2.75) is 13.5 Å². The van der Waals surface area contributed by atoms with Crippen LogP contribution in [0.4, 0.5) is 10.5 Å². The summed E-state index contributed by atoms with van der Waals surface area (Å²) in [6.07, 6.45) is 1.66. The highest BCUT2D eigenvalue weighted by Gasteiger charge is 2.22. The molecule has 0 aliphatic carbocycles. The Labute approximate surface area is 142 Å². The van der Waals surface area contributed by atoms with Gasteiger partial charge in [0.25, 0.3) is 5.69 Å². The lowest BCUT2D eigenvalue weighted by molar-refractivity contribution is -0.385. The topological polar surface area (TPSA) is 123 Å². The van der Waals surface area contributed by atoms with Crippen molar-refractivity contribution in [3.8, 4) is 11.5 Å². The van der Waals surface area contributed by atoms with E-state index < -0.39 is 23.4 Å². The van der Waals surface area contributed by atoms with Crippen LogP contribution in [0.25, 0.3) is 0 Å². The lowest BCUT2D eigenvalue weighted by Crippen LogP contribution is -2.18. The van der Waals surface area contributed by atoms with Gasteiger partial charge in [0.2, 0.25) is 0 Å². The monoisotopic (exact) mass is 349 g/mol. The van der Waals surface area contributed by atoms with Crippen LogP contribution in [0.1, 0.15) is 23.1 Å². The van der Waals surface area contributed by atoms with E-state index in [4.69, 9.17) is 14.2 Å². The van der Waals surface area contributed by atoms with Crippen LogP contribution < -0.4 is 9.47 Å². The third-order valence-corrected chi connectivity index (χ3v) is 3.28. The summed E-state index contributed by atoms with van der Waals surface area (Å²) in [6.45, 7) is 0.857. The number of carbonyl (C=O) groups is 2. The van der Waals surface area contributed by atoms with Crippen molar-refractivity contribution in [2.24, 2.45) is 0 Å². The molecule has 2 aromatic rings. The average Bonchev–Trinajstić information content (AvgIpc) is 3.08. The Hall–Kier alpha value is -3.43. The maximum Gasteiger partial charge on any atom is 0.420 e. The molecule has 10 heteroatoms. The number of rotatable bonds is 6. The fourth-order valence-electron chi connectivity index (χ4n) is 2.12. The van der Waals surface area contributed by atoms with E-state index in [0.717, 1.165) is 4.57 Å².